The number of rotatable bonds is 14. The van der Waals surface area contributed by atoms with Crippen molar-refractivity contribution >= 4 is 17.7 Å². The molecule has 3 aliphatic heterocycles. The molecule has 1 spiro atoms. The number of carbonyl (C=O) groups is 3. The average molecular weight is 622 g/mol. The summed E-state index contributed by atoms with van der Waals surface area (Å²) in [4.78, 5) is 49.4. The van der Waals surface area contributed by atoms with E-state index in [-0.39, 0.29) is 35.7 Å². The maximum absolute atomic E-state index is 15.0. The second-order valence-corrected chi connectivity index (χ2v) is 15.5. The second kappa shape index (κ2) is 13.4. The molecular weight excluding hydrogens is 566 g/mol. The van der Waals surface area contributed by atoms with Gasteiger partial charge in [-0.2, -0.15) is 0 Å². The topological polar surface area (TPSA) is 90.4 Å². The molecule has 45 heavy (non-hydrogen) atoms. The Hall–Kier alpha value is -2.97. The van der Waals surface area contributed by atoms with Crippen molar-refractivity contribution in [3.63, 3.8) is 0 Å². The van der Waals surface area contributed by atoms with Crippen LogP contribution in [0.15, 0.2) is 55.6 Å². The van der Waals surface area contributed by atoms with E-state index in [1.54, 1.807) is 22.0 Å². The monoisotopic (exact) mass is 621 g/mol. The van der Waals surface area contributed by atoms with Crippen LogP contribution in [-0.4, -0.2) is 86.6 Å². The van der Waals surface area contributed by atoms with Gasteiger partial charge in [-0.15, -0.1) is 13.2 Å². The molecule has 0 aromatic heterocycles. The Kier molecular flexibility index (Phi) is 10.4. The van der Waals surface area contributed by atoms with Crippen molar-refractivity contribution in [3.8, 4) is 0 Å². The van der Waals surface area contributed by atoms with Gasteiger partial charge in [0.15, 0.2) is 0 Å². The van der Waals surface area contributed by atoms with Crippen LogP contribution < -0.4 is 0 Å². The molecule has 1 aromatic rings. The Balaban J connectivity index is 1.80. The minimum Gasteiger partial charge on any atom is -0.394 e. The number of nitrogens with zero attached hydrogens (tertiary/aromatic N) is 3. The van der Waals surface area contributed by atoms with Crippen LogP contribution in [0.25, 0.3) is 0 Å². The van der Waals surface area contributed by atoms with Gasteiger partial charge in [0.25, 0.3) is 0 Å². The molecule has 1 aromatic carbocycles. The molecule has 0 saturated carbocycles. The Morgan fingerprint density at radius 1 is 1.09 bits per heavy atom. The van der Waals surface area contributed by atoms with E-state index in [1.807, 2.05) is 49.1 Å². The Labute approximate surface area is 270 Å². The number of hydrogen-bond donors (Lipinski definition) is 1. The number of amides is 3. The summed E-state index contributed by atoms with van der Waals surface area (Å²) >= 11 is 0. The Morgan fingerprint density at radius 3 is 2.29 bits per heavy atom. The quantitative estimate of drug-likeness (QED) is 0.288. The molecule has 6 atom stereocenters. The highest BCUT2D eigenvalue weighted by Crippen LogP contribution is 2.59. The highest BCUT2D eigenvalue weighted by Gasteiger charge is 2.75. The number of carbonyl (C=O) groups excluding carboxylic acids is 3. The van der Waals surface area contributed by atoms with Gasteiger partial charge in [-0.3, -0.25) is 14.4 Å². The van der Waals surface area contributed by atoms with E-state index in [9.17, 15) is 14.7 Å². The summed E-state index contributed by atoms with van der Waals surface area (Å²) in [6.45, 7) is 23.3. The molecule has 3 amide bonds. The first-order chi connectivity index (χ1) is 21.1. The highest BCUT2D eigenvalue weighted by molar-refractivity contribution is 5.99. The van der Waals surface area contributed by atoms with Gasteiger partial charge in [0.1, 0.15) is 11.6 Å². The Bertz CT molecular complexity index is 1250. The third kappa shape index (κ3) is 6.78. The number of likely N-dealkylation sites (tertiary alicyclic amines) is 1. The SMILES string of the molecule is C=CCN(Cc1ccccc1)C(=O)[C@@H]1[C@H]2C(=O)N([C@@H](CO)CC(C)C)C(C(=O)N(CC=C)C(C)(C)CC(C)(C)C)C23CC[C@H]1O3. The lowest BCUT2D eigenvalue weighted by molar-refractivity contribution is -0.156. The predicted octanol–water partition coefficient (Wildman–Crippen LogP) is 5.21. The van der Waals surface area contributed by atoms with E-state index in [0.29, 0.717) is 38.9 Å². The summed E-state index contributed by atoms with van der Waals surface area (Å²) in [5.41, 5.74) is -0.777. The van der Waals surface area contributed by atoms with Gasteiger partial charge < -0.3 is 24.5 Å². The van der Waals surface area contributed by atoms with Crippen molar-refractivity contribution in [1.29, 1.82) is 0 Å². The van der Waals surface area contributed by atoms with Crippen LogP contribution >= 0.6 is 0 Å². The van der Waals surface area contributed by atoms with Gasteiger partial charge in [-0.05, 0) is 56.4 Å². The van der Waals surface area contributed by atoms with Gasteiger partial charge in [-0.25, -0.2) is 0 Å². The molecule has 248 valence electrons. The van der Waals surface area contributed by atoms with Crippen molar-refractivity contribution in [2.24, 2.45) is 23.2 Å². The second-order valence-electron chi connectivity index (χ2n) is 15.5. The lowest BCUT2D eigenvalue weighted by atomic mass is 9.70. The molecule has 0 radical (unpaired) electrons. The fourth-order valence-corrected chi connectivity index (χ4v) is 8.57. The third-order valence-electron chi connectivity index (χ3n) is 9.75. The largest absolute Gasteiger partial charge is 0.394 e. The van der Waals surface area contributed by atoms with E-state index in [1.165, 1.54) is 0 Å². The summed E-state index contributed by atoms with van der Waals surface area (Å²) in [5.74, 6) is -1.98. The summed E-state index contributed by atoms with van der Waals surface area (Å²) in [7, 11) is 0. The van der Waals surface area contributed by atoms with E-state index in [0.717, 1.165) is 12.0 Å². The zero-order valence-electron chi connectivity index (χ0n) is 28.5. The van der Waals surface area contributed by atoms with Crippen LogP contribution in [0.4, 0.5) is 0 Å². The van der Waals surface area contributed by atoms with Crippen LogP contribution in [-0.2, 0) is 25.7 Å². The van der Waals surface area contributed by atoms with Crippen LogP contribution in [0.2, 0.25) is 0 Å². The minimum atomic E-state index is -1.15. The van der Waals surface area contributed by atoms with Crippen LogP contribution in [0.5, 0.6) is 0 Å². The predicted molar refractivity (Wildman–Crippen MR) is 177 cm³/mol. The first kappa shape index (κ1) is 34.9. The van der Waals surface area contributed by atoms with Crippen LogP contribution in [0.3, 0.4) is 0 Å². The van der Waals surface area contributed by atoms with Crippen LogP contribution in [0.1, 0.15) is 79.7 Å². The number of aliphatic hydroxyl groups is 1. The van der Waals surface area contributed by atoms with Crippen molar-refractivity contribution in [2.75, 3.05) is 19.7 Å². The van der Waals surface area contributed by atoms with Gasteiger partial charge in [0.05, 0.1) is 30.6 Å². The lowest BCUT2D eigenvalue weighted by Gasteiger charge is -2.46. The maximum Gasteiger partial charge on any atom is 0.249 e. The van der Waals surface area contributed by atoms with E-state index in [2.05, 4.69) is 47.8 Å². The highest BCUT2D eigenvalue weighted by atomic mass is 16.5. The van der Waals surface area contributed by atoms with E-state index in [4.69, 9.17) is 4.74 Å². The molecule has 4 rings (SSSR count). The molecule has 0 aliphatic carbocycles. The zero-order valence-corrected chi connectivity index (χ0v) is 28.5. The van der Waals surface area contributed by atoms with Crippen molar-refractivity contribution < 1.29 is 24.2 Å². The van der Waals surface area contributed by atoms with Crippen LogP contribution in [0, 0.1) is 23.2 Å². The summed E-state index contributed by atoms with van der Waals surface area (Å²) in [5, 5.41) is 10.7. The fourth-order valence-electron chi connectivity index (χ4n) is 8.57. The molecule has 1 N–H and O–H groups in total. The third-order valence-corrected chi connectivity index (χ3v) is 9.75. The smallest absolute Gasteiger partial charge is 0.249 e. The molecule has 8 nitrogen and oxygen atoms in total. The lowest BCUT2D eigenvalue weighted by Crippen LogP contribution is -2.62. The molecule has 2 unspecified atom stereocenters. The van der Waals surface area contributed by atoms with E-state index >= 15 is 4.79 Å². The fraction of sp³-hybridized carbons (Fsp3) is 0.649. The average Bonchev–Trinajstić information content (AvgIpc) is 3.60. The number of hydrogen-bond acceptors (Lipinski definition) is 5. The molecule has 3 saturated heterocycles. The molecule has 3 aliphatic rings. The minimum absolute atomic E-state index is 0.0618. The molecule has 2 bridgehead atoms. The molecule has 8 heteroatoms. The molecule has 3 heterocycles. The Morgan fingerprint density at radius 2 is 1.73 bits per heavy atom. The molecular formula is C37H55N3O5. The van der Waals surface area contributed by atoms with Gasteiger partial charge >= 0.3 is 0 Å². The zero-order chi connectivity index (χ0) is 33.3. The van der Waals surface area contributed by atoms with Crippen molar-refractivity contribution in [2.45, 2.75) is 110 Å². The van der Waals surface area contributed by atoms with Crippen molar-refractivity contribution in [1.82, 2.24) is 14.7 Å². The van der Waals surface area contributed by atoms with Gasteiger partial charge in [0.2, 0.25) is 17.7 Å². The first-order valence-corrected chi connectivity index (χ1v) is 16.6. The standard InChI is InChI=1S/C37H55N3O5/c1-10-19-38(22-26-15-13-12-14-16-26)32(42)29-28-17-18-37(45-28)30(29)33(43)40(27(23-41)21-25(3)4)31(37)34(44)39(20-11-2)36(8,9)24-35(5,6)7/h10-16,25,27-31,41H,1-2,17-24H2,3-9H3/t27-,28-,29+,30+,31?,37?/m1/s1. The first-order valence-electron chi connectivity index (χ1n) is 16.6. The number of aliphatic hydroxyl groups excluding tert-OH is 1. The van der Waals surface area contributed by atoms with Crippen molar-refractivity contribution in [3.05, 3.63) is 61.2 Å². The van der Waals surface area contributed by atoms with Gasteiger partial charge in [-0.1, -0.05) is 77.1 Å². The summed E-state index contributed by atoms with van der Waals surface area (Å²) in [6.07, 6.45) is 5.33. The summed E-state index contributed by atoms with van der Waals surface area (Å²) < 4.78 is 6.78. The summed E-state index contributed by atoms with van der Waals surface area (Å²) in [6, 6.07) is 8.25. The van der Waals surface area contributed by atoms with E-state index < -0.39 is 41.2 Å². The number of ether oxygens (including phenoxy) is 1. The maximum atomic E-state index is 15.0. The normalized spacial score (nSPS) is 26.6. The number of benzene rings is 1. The van der Waals surface area contributed by atoms with Gasteiger partial charge in [0, 0.05) is 25.2 Å². The number of fused-ring (bicyclic) bond motifs is 1. The molecule has 3 fully saturated rings.